The third kappa shape index (κ3) is 4.08. The van der Waals surface area contributed by atoms with Crippen LogP contribution in [0.3, 0.4) is 0 Å². The van der Waals surface area contributed by atoms with Gasteiger partial charge in [0.05, 0.1) is 19.7 Å². The summed E-state index contributed by atoms with van der Waals surface area (Å²) in [6.07, 6.45) is 5.20. The SMILES string of the molecule is COCC1CCCN(Cc2ccc(CNC3CC3)o2)C1. The van der Waals surface area contributed by atoms with Gasteiger partial charge in [-0.3, -0.25) is 4.90 Å². The number of likely N-dealkylation sites (tertiary alicyclic amines) is 1. The van der Waals surface area contributed by atoms with Gasteiger partial charge < -0.3 is 14.5 Å². The second-order valence-electron chi connectivity index (χ2n) is 6.22. The maximum Gasteiger partial charge on any atom is 0.118 e. The average molecular weight is 278 g/mol. The Bertz CT molecular complexity index is 412. The Balaban J connectivity index is 1.46. The van der Waals surface area contributed by atoms with Crippen LogP contribution in [0.1, 0.15) is 37.2 Å². The van der Waals surface area contributed by atoms with Crippen LogP contribution in [0.25, 0.3) is 0 Å². The molecule has 1 atom stereocenters. The number of hydrogen-bond donors (Lipinski definition) is 1. The van der Waals surface area contributed by atoms with Gasteiger partial charge in [-0.1, -0.05) is 0 Å². The topological polar surface area (TPSA) is 37.6 Å². The van der Waals surface area contributed by atoms with Crippen LogP contribution in [-0.2, 0) is 17.8 Å². The molecule has 1 saturated carbocycles. The Hall–Kier alpha value is -0.840. The van der Waals surface area contributed by atoms with Gasteiger partial charge in [-0.2, -0.15) is 0 Å². The molecule has 0 amide bonds. The first-order chi connectivity index (χ1) is 9.83. The predicted molar refractivity (Wildman–Crippen MR) is 78.4 cm³/mol. The minimum absolute atomic E-state index is 0.680. The van der Waals surface area contributed by atoms with Crippen molar-refractivity contribution in [1.29, 1.82) is 0 Å². The molecule has 1 saturated heterocycles. The quantitative estimate of drug-likeness (QED) is 0.831. The normalized spacial score (nSPS) is 24.1. The maximum atomic E-state index is 5.92. The third-order valence-electron chi connectivity index (χ3n) is 4.24. The highest BCUT2D eigenvalue weighted by Crippen LogP contribution is 2.21. The van der Waals surface area contributed by atoms with E-state index in [1.165, 1.54) is 32.2 Å². The van der Waals surface area contributed by atoms with E-state index in [9.17, 15) is 0 Å². The summed E-state index contributed by atoms with van der Waals surface area (Å²) in [4.78, 5) is 2.49. The number of rotatable bonds is 7. The molecule has 1 aliphatic carbocycles. The van der Waals surface area contributed by atoms with Crippen LogP contribution < -0.4 is 5.32 Å². The average Bonchev–Trinajstić information content (AvgIpc) is 3.18. The number of nitrogens with one attached hydrogen (secondary N) is 1. The zero-order valence-electron chi connectivity index (χ0n) is 12.4. The fourth-order valence-corrected chi connectivity index (χ4v) is 3.02. The van der Waals surface area contributed by atoms with E-state index < -0.39 is 0 Å². The lowest BCUT2D eigenvalue weighted by atomic mass is 9.99. The molecule has 1 aliphatic heterocycles. The molecule has 0 spiro atoms. The summed E-state index contributed by atoms with van der Waals surface area (Å²) in [5.74, 6) is 2.84. The zero-order valence-corrected chi connectivity index (χ0v) is 12.4. The van der Waals surface area contributed by atoms with E-state index in [-0.39, 0.29) is 0 Å². The van der Waals surface area contributed by atoms with E-state index in [0.717, 1.165) is 43.8 Å². The number of ether oxygens (including phenoxy) is 1. The molecule has 1 aromatic heterocycles. The summed E-state index contributed by atoms with van der Waals surface area (Å²) in [7, 11) is 1.80. The second kappa shape index (κ2) is 6.74. The highest BCUT2D eigenvalue weighted by molar-refractivity contribution is 5.07. The van der Waals surface area contributed by atoms with Gasteiger partial charge in [-0.25, -0.2) is 0 Å². The van der Waals surface area contributed by atoms with Gasteiger partial charge in [0, 0.05) is 19.7 Å². The summed E-state index contributed by atoms with van der Waals surface area (Å²) in [6, 6.07) is 4.98. The smallest absolute Gasteiger partial charge is 0.118 e. The van der Waals surface area contributed by atoms with Gasteiger partial charge in [0.25, 0.3) is 0 Å². The highest BCUT2D eigenvalue weighted by atomic mass is 16.5. The third-order valence-corrected chi connectivity index (χ3v) is 4.24. The molecular weight excluding hydrogens is 252 g/mol. The molecule has 112 valence electrons. The lowest BCUT2D eigenvalue weighted by molar-refractivity contribution is 0.0838. The largest absolute Gasteiger partial charge is 0.463 e. The van der Waals surface area contributed by atoms with Gasteiger partial charge >= 0.3 is 0 Å². The molecule has 1 unspecified atom stereocenters. The van der Waals surface area contributed by atoms with Gasteiger partial charge in [0.1, 0.15) is 11.5 Å². The highest BCUT2D eigenvalue weighted by Gasteiger charge is 2.22. The predicted octanol–water partition coefficient (Wildman–Crippen LogP) is 2.39. The minimum atomic E-state index is 0.680. The van der Waals surface area contributed by atoms with Crippen LogP contribution in [0.15, 0.2) is 16.5 Å². The van der Waals surface area contributed by atoms with E-state index in [1.807, 2.05) is 0 Å². The zero-order chi connectivity index (χ0) is 13.8. The van der Waals surface area contributed by atoms with Crippen LogP contribution in [0.4, 0.5) is 0 Å². The molecule has 1 aromatic rings. The summed E-state index contributed by atoms with van der Waals surface area (Å²) >= 11 is 0. The van der Waals surface area contributed by atoms with Crippen LogP contribution in [0, 0.1) is 5.92 Å². The van der Waals surface area contributed by atoms with E-state index in [0.29, 0.717) is 5.92 Å². The monoisotopic (exact) mass is 278 g/mol. The molecule has 20 heavy (non-hydrogen) atoms. The molecule has 1 N–H and O–H groups in total. The van der Waals surface area contributed by atoms with Gasteiger partial charge in [0.15, 0.2) is 0 Å². The van der Waals surface area contributed by atoms with E-state index in [2.05, 4.69) is 22.3 Å². The first kappa shape index (κ1) is 14.1. The molecule has 3 rings (SSSR count). The van der Waals surface area contributed by atoms with Crippen molar-refractivity contribution in [3.05, 3.63) is 23.7 Å². The van der Waals surface area contributed by atoms with Crippen molar-refractivity contribution in [2.45, 2.75) is 44.8 Å². The number of methoxy groups -OCH3 is 1. The lowest BCUT2D eigenvalue weighted by Crippen LogP contribution is -2.36. The maximum absolute atomic E-state index is 5.92. The molecule has 2 heterocycles. The summed E-state index contributed by atoms with van der Waals surface area (Å²) in [5.41, 5.74) is 0. The Labute approximate surface area is 121 Å². The van der Waals surface area contributed by atoms with E-state index in [4.69, 9.17) is 9.15 Å². The standard InChI is InChI=1S/C16H26N2O2/c1-19-12-13-3-2-8-18(10-13)11-16-7-6-15(20-16)9-17-14-4-5-14/h6-7,13-14,17H,2-5,8-12H2,1H3. The number of hydrogen-bond acceptors (Lipinski definition) is 4. The second-order valence-corrected chi connectivity index (χ2v) is 6.22. The van der Waals surface area contributed by atoms with Crippen molar-refractivity contribution in [1.82, 2.24) is 10.2 Å². The Morgan fingerprint density at radius 3 is 2.95 bits per heavy atom. The number of nitrogens with zero attached hydrogens (tertiary/aromatic N) is 1. The molecule has 2 aliphatic rings. The first-order valence-corrected chi connectivity index (χ1v) is 7.86. The lowest BCUT2D eigenvalue weighted by Gasteiger charge is -2.31. The minimum Gasteiger partial charge on any atom is -0.463 e. The molecule has 4 heteroatoms. The van der Waals surface area contributed by atoms with Crippen molar-refractivity contribution in [2.24, 2.45) is 5.92 Å². The van der Waals surface area contributed by atoms with Gasteiger partial charge in [-0.15, -0.1) is 0 Å². The van der Waals surface area contributed by atoms with E-state index in [1.54, 1.807) is 7.11 Å². The van der Waals surface area contributed by atoms with Crippen LogP contribution in [-0.4, -0.2) is 37.7 Å². The molecule has 2 fully saturated rings. The van der Waals surface area contributed by atoms with Crippen LogP contribution in [0.2, 0.25) is 0 Å². The first-order valence-electron chi connectivity index (χ1n) is 7.86. The van der Waals surface area contributed by atoms with Crippen LogP contribution >= 0.6 is 0 Å². The van der Waals surface area contributed by atoms with Crippen molar-refractivity contribution in [3.8, 4) is 0 Å². The van der Waals surface area contributed by atoms with Gasteiger partial charge in [-0.05, 0) is 50.3 Å². The molecule has 0 aromatic carbocycles. The van der Waals surface area contributed by atoms with Crippen LogP contribution in [0.5, 0.6) is 0 Å². The Kier molecular flexibility index (Phi) is 4.76. The van der Waals surface area contributed by atoms with Crippen molar-refractivity contribution < 1.29 is 9.15 Å². The van der Waals surface area contributed by atoms with Crippen molar-refractivity contribution in [2.75, 3.05) is 26.8 Å². The molecule has 0 bridgehead atoms. The Morgan fingerprint density at radius 2 is 2.15 bits per heavy atom. The summed E-state index contributed by atoms with van der Waals surface area (Å²) < 4.78 is 11.2. The van der Waals surface area contributed by atoms with Crippen molar-refractivity contribution >= 4 is 0 Å². The molecular formula is C16H26N2O2. The summed E-state index contributed by atoms with van der Waals surface area (Å²) in [5, 5.41) is 3.49. The summed E-state index contributed by atoms with van der Waals surface area (Å²) in [6.45, 7) is 4.99. The molecule has 0 radical (unpaired) electrons. The van der Waals surface area contributed by atoms with Crippen molar-refractivity contribution in [3.63, 3.8) is 0 Å². The van der Waals surface area contributed by atoms with E-state index >= 15 is 0 Å². The fraction of sp³-hybridized carbons (Fsp3) is 0.750. The molecule has 4 nitrogen and oxygen atoms in total. The van der Waals surface area contributed by atoms with Gasteiger partial charge in [0.2, 0.25) is 0 Å². The Morgan fingerprint density at radius 1 is 1.30 bits per heavy atom. The fourth-order valence-electron chi connectivity index (χ4n) is 3.02. The number of furan rings is 1. The number of piperidine rings is 1.